The number of nitrogens with zero attached hydrogens (tertiary/aromatic N) is 3. The van der Waals surface area contributed by atoms with Gasteiger partial charge in [0.05, 0.1) is 24.2 Å². The van der Waals surface area contributed by atoms with E-state index in [4.69, 9.17) is 0 Å². The molecule has 0 saturated heterocycles. The van der Waals surface area contributed by atoms with Crippen LogP contribution in [0.1, 0.15) is 28.1 Å². The molecule has 0 atom stereocenters. The van der Waals surface area contributed by atoms with Crippen molar-refractivity contribution in [2.24, 2.45) is 0 Å². The first kappa shape index (κ1) is 23.4. The third kappa shape index (κ3) is 5.49. The molecule has 4 nitrogen and oxygen atoms in total. The Morgan fingerprint density at radius 3 is 2.00 bits per heavy atom. The lowest BCUT2D eigenvalue weighted by Crippen LogP contribution is -2.25. The largest absolute Gasteiger partial charge is 0.416 e. The van der Waals surface area contributed by atoms with Crippen LogP contribution < -0.4 is 5.69 Å². The minimum Gasteiger partial charge on any atom is -0.274 e. The van der Waals surface area contributed by atoms with Gasteiger partial charge in [-0.1, -0.05) is 36.4 Å². The maximum Gasteiger partial charge on any atom is 0.416 e. The van der Waals surface area contributed by atoms with Crippen LogP contribution in [0.15, 0.2) is 66.0 Å². The van der Waals surface area contributed by atoms with E-state index in [0.29, 0.717) is 12.1 Å². The first-order valence-corrected chi connectivity index (χ1v) is 9.58. The first-order chi connectivity index (χ1) is 15.0. The monoisotopic (exact) mass is 455 g/mol. The number of rotatable bonds is 7. The molecular formula is C22H19F6N3O. The summed E-state index contributed by atoms with van der Waals surface area (Å²) >= 11 is 0. The molecular weight excluding hydrogens is 436 g/mol. The fourth-order valence-corrected chi connectivity index (χ4v) is 3.26. The fraction of sp³-hybridized carbons (Fsp3) is 0.273. The van der Waals surface area contributed by atoms with E-state index in [9.17, 15) is 31.1 Å². The molecule has 0 aliphatic heterocycles. The number of hydrogen-bond acceptors (Lipinski definition) is 2. The number of hydrogen-bond donors (Lipinski definition) is 0. The predicted octanol–water partition coefficient (Wildman–Crippen LogP) is 5.10. The molecule has 0 N–H and O–H groups in total. The van der Waals surface area contributed by atoms with Gasteiger partial charge in [0.1, 0.15) is 5.82 Å². The van der Waals surface area contributed by atoms with Gasteiger partial charge in [0, 0.05) is 6.42 Å². The predicted molar refractivity (Wildman–Crippen MR) is 106 cm³/mol. The van der Waals surface area contributed by atoms with E-state index in [1.54, 1.807) is 30.3 Å². The van der Waals surface area contributed by atoms with E-state index in [0.717, 1.165) is 10.2 Å². The molecule has 0 bridgehead atoms. The van der Waals surface area contributed by atoms with Crippen molar-refractivity contribution in [2.45, 2.75) is 38.3 Å². The van der Waals surface area contributed by atoms with Crippen LogP contribution in [-0.2, 0) is 38.3 Å². The van der Waals surface area contributed by atoms with Crippen LogP contribution in [0.3, 0.4) is 0 Å². The Morgan fingerprint density at radius 2 is 1.47 bits per heavy atom. The summed E-state index contributed by atoms with van der Waals surface area (Å²) in [6, 6.07) is 10.4. The van der Waals surface area contributed by atoms with Crippen LogP contribution in [0.4, 0.5) is 26.3 Å². The van der Waals surface area contributed by atoms with E-state index < -0.39 is 29.2 Å². The molecule has 10 heteroatoms. The lowest BCUT2D eigenvalue weighted by molar-refractivity contribution is -0.143. The number of allylic oxidation sites excluding steroid dienone is 1. The molecule has 1 aromatic heterocycles. The van der Waals surface area contributed by atoms with Crippen LogP contribution in [0.25, 0.3) is 0 Å². The molecule has 0 radical (unpaired) electrons. The van der Waals surface area contributed by atoms with Crippen LogP contribution in [0.5, 0.6) is 0 Å². The van der Waals surface area contributed by atoms with Crippen LogP contribution in [0, 0.1) is 0 Å². The Hall–Kier alpha value is -3.30. The summed E-state index contributed by atoms with van der Waals surface area (Å²) in [4.78, 5) is 12.7. The van der Waals surface area contributed by atoms with Gasteiger partial charge in [-0.3, -0.25) is 4.57 Å². The lowest BCUT2D eigenvalue weighted by Gasteiger charge is -2.14. The van der Waals surface area contributed by atoms with Crippen molar-refractivity contribution in [2.75, 3.05) is 0 Å². The van der Waals surface area contributed by atoms with Gasteiger partial charge < -0.3 is 0 Å². The van der Waals surface area contributed by atoms with E-state index >= 15 is 0 Å². The van der Waals surface area contributed by atoms with Gasteiger partial charge in [-0.05, 0) is 35.7 Å². The number of aromatic nitrogens is 3. The number of benzene rings is 2. The maximum absolute atomic E-state index is 13.1. The molecule has 0 fully saturated rings. The summed E-state index contributed by atoms with van der Waals surface area (Å²) in [7, 11) is 0. The zero-order valence-electron chi connectivity index (χ0n) is 16.7. The maximum atomic E-state index is 13.1. The molecule has 0 aliphatic rings. The minimum absolute atomic E-state index is 0.0230. The second kappa shape index (κ2) is 9.05. The zero-order valence-corrected chi connectivity index (χ0v) is 16.7. The topological polar surface area (TPSA) is 39.8 Å². The average molecular weight is 455 g/mol. The Labute approximate surface area is 179 Å². The summed E-state index contributed by atoms with van der Waals surface area (Å²) in [6.45, 7) is 3.85. The summed E-state index contributed by atoms with van der Waals surface area (Å²) in [5.74, 6) is 0.256. The second-order valence-corrected chi connectivity index (χ2v) is 7.16. The number of alkyl halides is 6. The third-order valence-electron chi connectivity index (χ3n) is 4.77. The SMILES string of the molecule is C=CCn1nc(CCc2cc(C(F)(F)F)cc(C(F)(F)F)c2)n(Cc2ccccc2)c1=O. The van der Waals surface area contributed by atoms with Crippen molar-refractivity contribution in [1.82, 2.24) is 14.3 Å². The average Bonchev–Trinajstić information content (AvgIpc) is 3.01. The lowest BCUT2D eigenvalue weighted by atomic mass is 10.0. The van der Waals surface area contributed by atoms with Crippen molar-refractivity contribution in [1.29, 1.82) is 0 Å². The molecule has 3 aromatic rings. The van der Waals surface area contributed by atoms with Gasteiger partial charge in [-0.2, -0.15) is 31.4 Å². The molecule has 0 amide bonds. The van der Waals surface area contributed by atoms with Crippen molar-refractivity contribution in [3.63, 3.8) is 0 Å². The van der Waals surface area contributed by atoms with Crippen molar-refractivity contribution in [3.8, 4) is 0 Å². The van der Waals surface area contributed by atoms with Crippen LogP contribution >= 0.6 is 0 Å². The summed E-state index contributed by atoms with van der Waals surface area (Å²) in [6.07, 6.45) is -8.56. The third-order valence-corrected chi connectivity index (χ3v) is 4.77. The standard InChI is InChI=1S/C22H19F6N3O/c1-2-10-31-20(32)30(14-15-6-4-3-5-7-15)19(29-31)9-8-16-11-17(21(23,24)25)13-18(12-16)22(26,27)28/h2-7,11-13H,1,8-10,14H2. The van der Waals surface area contributed by atoms with E-state index in [1.165, 1.54) is 10.6 Å². The first-order valence-electron chi connectivity index (χ1n) is 9.58. The van der Waals surface area contributed by atoms with E-state index in [-0.39, 0.29) is 43.4 Å². The van der Waals surface area contributed by atoms with Crippen LogP contribution in [-0.4, -0.2) is 14.3 Å². The van der Waals surface area contributed by atoms with Crippen molar-refractivity contribution >= 4 is 0 Å². The molecule has 0 spiro atoms. The normalized spacial score (nSPS) is 12.2. The van der Waals surface area contributed by atoms with Crippen LogP contribution in [0.2, 0.25) is 0 Å². The Balaban J connectivity index is 1.95. The summed E-state index contributed by atoms with van der Waals surface area (Å²) in [5.41, 5.74) is -2.54. The number of halogens is 6. The molecule has 0 aliphatic carbocycles. The van der Waals surface area contributed by atoms with Gasteiger partial charge in [-0.15, -0.1) is 6.58 Å². The zero-order chi connectivity index (χ0) is 23.5. The molecule has 170 valence electrons. The highest BCUT2D eigenvalue weighted by atomic mass is 19.4. The summed E-state index contributed by atoms with van der Waals surface area (Å²) < 4.78 is 81.2. The van der Waals surface area contributed by atoms with Crippen molar-refractivity contribution in [3.05, 3.63) is 99.7 Å². The molecule has 32 heavy (non-hydrogen) atoms. The van der Waals surface area contributed by atoms with Crippen molar-refractivity contribution < 1.29 is 26.3 Å². The van der Waals surface area contributed by atoms with Gasteiger partial charge >= 0.3 is 18.0 Å². The number of aryl methyl sites for hydroxylation is 2. The minimum atomic E-state index is -4.92. The molecule has 0 unspecified atom stereocenters. The van der Waals surface area contributed by atoms with Gasteiger partial charge in [0.25, 0.3) is 0 Å². The highest BCUT2D eigenvalue weighted by molar-refractivity contribution is 5.34. The molecule has 3 rings (SSSR count). The Kier molecular flexibility index (Phi) is 6.61. The fourth-order valence-electron chi connectivity index (χ4n) is 3.26. The van der Waals surface area contributed by atoms with Gasteiger partial charge in [-0.25, -0.2) is 9.48 Å². The Morgan fingerprint density at radius 1 is 0.875 bits per heavy atom. The molecule has 2 aromatic carbocycles. The molecule has 1 heterocycles. The van der Waals surface area contributed by atoms with Gasteiger partial charge in [0.15, 0.2) is 0 Å². The van der Waals surface area contributed by atoms with Gasteiger partial charge in [0.2, 0.25) is 0 Å². The van der Waals surface area contributed by atoms with E-state index in [2.05, 4.69) is 11.7 Å². The highest BCUT2D eigenvalue weighted by Gasteiger charge is 2.36. The smallest absolute Gasteiger partial charge is 0.274 e. The highest BCUT2D eigenvalue weighted by Crippen LogP contribution is 2.36. The molecule has 0 saturated carbocycles. The quantitative estimate of drug-likeness (QED) is 0.367. The summed E-state index contributed by atoms with van der Waals surface area (Å²) in [5, 5.41) is 4.20. The Bertz CT molecular complexity index is 1110. The van der Waals surface area contributed by atoms with E-state index in [1.807, 2.05) is 0 Å². The second-order valence-electron chi connectivity index (χ2n) is 7.16.